The second-order valence-electron chi connectivity index (χ2n) is 5.59. The molecule has 0 fully saturated rings. The first-order chi connectivity index (χ1) is 12.5. The van der Waals surface area contributed by atoms with E-state index in [-0.39, 0.29) is 12.0 Å². The summed E-state index contributed by atoms with van der Waals surface area (Å²) in [5, 5.41) is 3.29. The summed E-state index contributed by atoms with van der Waals surface area (Å²) in [5.41, 5.74) is 1.30. The molecule has 0 saturated heterocycles. The Balaban J connectivity index is 1.75. The van der Waals surface area contributed by atoms with E-state index in [2.05, 4.69) is 10.3 Å². The molecular formula is C17H19N3O5S. The molecule has 1 aliphatic heterocycles. The molecule has 1 N–H and O–H groups in total. The SMILES string of the molecule is COC(=O)N1CCc2nc(NC(=O)c3cc(OC)cc(OC)c3)sc2C1. The number of nitrogens with one attached hydrogen (secondary N) is 1. The number of hydrogen-bond acceptors (Lipinski definition) is 7. The molecule has 0 unspecified atom stereocenters. The lowest BCUT2D eigenvalue weighted by atomic mass is 10.2. The van der Waals surface area contributed by atoms with Crippen LogP contribution in [0, 0.1) is 0 Å². The molecule has 0 spiro atoms. The average Bonchev–Trinajstić information content (AvgIpc) is 3.07. The summed E-state index contributed by atoms with van der Waals surface area (Å²) in [4.78, 5) is 31.2. The number of carbonyl (C=O) groups excluding carboxylic acids is 2. The Morgan fingerprint density at radius 1 is 1.15 bits per heavy atom. The molecule has 9 heteroatoms. The molecule has 3 rings (SSSR count). The quantitative estimate of drug-likeness (QED) is 0.881. The van der Waals surface area contributed by atoms with Crippen molar-refractivity contribution in [3.63, 3.8) is 0 Å². The minimum absolute atomic E-state index is 0.307. The van der Waals surface area contributed by atoms with E-state index in [1.165, 1.54) is 32.7 Å². The first-order valence-electron chi connectivity index (χ1n) is 7.90. The minimum atomic E-state index is -0.363. The van der Waals surface area contributed by atoms with Crippen LogP contribution in [0.4, 0.5) is 9.93 Å². The van der Waals surface area contributed by atoms with E-state index in [4.69, 9.17) is 14.2 Å². The Hall–Kier alpha value is -2.81. The van der Waals surface area contributed by atoms with Gasteiger partial charge in [-0.3, -0.25) is 10.1 Å². The summed E-state index contributed by atoms with van der Waals surface area (Å²) in [7, 11) is 4.41. The van der Waals surface area contributed by atoms with Gasteiger partial charge in [-0.25, -0.2) is 9.78 Å². The van der Waals surface area contributed by atoms with Crippen molar-refractivity contribution in [2.75, 3.05) is 33.2 Å². The number of rotatable bonds is 4. The van der Waals surface area contributed by atoms with Gasteiger partial charge >= 0.3 is 6.09 Å². The molecule has 0 saturated carbocycles. The third kappa shape index (κ3) is 3.72. The molecule has 1 aliphatic rings. The van der Waals surface area contributed by atoms with Gasteiger partial charge in [-0.2, -0.15) is 0 Å². The van der Waals surface area contributed by atoms with E-state index in [9.17, 15) is 9.59 Å². The minimum Gasteiger partial charge on any atom is -0.497 e. The lowest BCUT2D eigenvalue weighted by molar-refractivity contribution is 0.102. The summed E-state index contributed by atoms with van der Waals surface area (Å²) >= 11 is 1.35. The number of hydrogen-bond donors (Lipinski definition) is 1. The zero-order valence-electron chi connectivity index (χ0n) is 14.7. The molecule has 1 aromatic carbocycles. The number of aromatic nitrogens is 1. The van der Waals surface area contributed by atoms with Crippen molar-refractivity contribution in [1.29, 1.82) is 0 Å². The average molecular weight is 377 g/mol. The molecule has 2 amide bonds. The summed E-state index contributed by atoms with van der Waals surface area (Å²) < 4.78 is 15.1. The highest BCUT2D eigenvalue weighted by molar-refractivity contribution is 7.15. The maximum absolute atomic E-state index is 12.5. The molecule has 138 valence electrons. The van der Waals surface area contributed by atoms with Crippen LogP contribution in [0.2, 0.25) is 0 Å². The van der Waals surface area contributed by atoms with Crippen molar-refractivity contribution < 1.29 is 23.8 Å². The third-order valence-electron chi connectivity index (χ3n) is 4.00. The fourth-order valence-electron chi connectivity index (χ4n) is 2.64. The van der Waals surface area contributed by atoms with Crippen molar-refractivity contribution in [1.82, 2.24) is 9.88 Å². The van der Waals surface area contributed by atoms with E-state index in [1.807, 2.05) is 0 Å². The lowest BCUT2D eigenvalue weighted by Gasteiger charge is -2.24. The van der Waals surface area contributed by atoms with Gasteiger partial charge in [0.1, 0.15) is 11.5 Å². The first-order valence-corrected chi connectivity index (χ1v) is 8.71. The molecule has 1 aromatic heterocycles. The number of benzene rings is 1. The number of thiazole rings is 1. The lowest BCUT2D eigenvalue weighted by Crippen LogP contribution is -2.35. The predicted octanol–water partition coefficient (Wildman–Crippen LogP) is 2.54. The highest BCUT2D eigenvalue weighted by Crippen LogP contribution is 2.29. The summed E-state index contributed by atoms with van der Waals surface area (Å²) in [6.07, 6.45) is 0.266. The number of fused-ring (bicyclic) bond motifs is 1. The topological polar surface area (TPSA) is 90.0 Å². The van der Waals surface area contributed by atoms with E-state index >= 15 is 0 Å². The molecule has 2 aromatic rings. The van der Waals surface area contributed by atoms with Gasteiger partial charge in [0.25, 0.3) is 5.91 Å². The van der Waals surface area contributed by atoms with Gasteiger partial charge in [0.2, 0.25) is 0 Å². The monoisotopic (exact) mass is 377 g/mol. The van der Waals surface area contributed by atoms with Crippen LogP contribution in [-0.4, -0.2) is 49.8 Å². The molecule has 2 heterocycles. The number of amides is 2. The normalized spacial score (nSPS) is 13.0. The van der Waals surface area contributed by atoms with Crippen LogP contribution >= 0.6 is 11.3 Å². The van der Waals surface area contributed by atoms with Gasteiger partial charge in [-0.15, -0.1) is 0 Å². The molecule has 0 radical (unpaired) electrons. The van der Waals surface area contributed by atoms with E-state index in [0.29, 0.717) is 41.7 Å². The number of nitrogens with zero attached hydrogens (tertiary/aromatic N) is 2. The zero-order chi connectivity index (χ0) is 18.7. The Labute approximate surface area is 154 Å². The van der Waals surface area contributed by atoms with Gasteiger partial charge in [0.15, 0.2) is 5.13 Å². The van der Waals surface area contributed by atoms with E-state index in [0.717, 1.165) is 10.6 Å². The van der Waals surface area contributed by atoms with Crippen LogP contribution in [0.5, 0.6) is 11.5 Å². The Kier molecular flexibility index (Phi) is 5.27. The predicted molar refractivity (Wildman–Crippen MR) is 96.1 cm³/mol. The smallest absolute Gasteiger partial charge is 0.409 e. The number of ether oxygens (including phenoxy) is 3. The second-order valence-corrected chi connectivity index (χ2v) is 6.67. The van der Waals surface area contributed by atoms with Crippen LogP contribution in [0.3, 0.4) is 0 Å². The molecule has 0 aliphatic carbocycles. The van der Waals surface area contributed by atoms with Crippen molar-refractivity contribution in [2.24, 2.45) is 0 Å². The van der Waals surface area contributed by atoms with Crippen molar-refractivity contribution in [2.45, 2.75) is 13.0 Å². The molecule has 8 nitrogen and oxygen atoms in total. The maximum Gasteiger partial charge on any atom is 0.409 e. The highest BCUT2D eigenvalue weighted by Gasteiger charge is 2.25. The van der Waals surface area contributed by atoms with Gasteiger partial charge in [0.05, 0.1) is 33.6 Å². The molecular weight excluding hydrogens is 358 g/mol. The summed E-state index contributed by atoms with van der Waals surface area (Å²) in [5.74, 6) is 0.751. The second kappa shape index (κ2) is 7.61. The van der Waals surface area contributed by atoms with Crippen LogP contribution in [0.15, 0.2) is 18.2 Å². The van der Waals surface area contributed by atoms with E-state index < -0.39 is 0 Å². The largest absolute Gasteiger partial charge is 0.497 e. The maximum atomic E-state index is 12.5. The Bertz CT molecular complexity index is 814. The molecule has 26 heavy (non-hydrogen) atoms. The van der Waals surface area contributed by atoms with Gasteiger partial charge in [-0.05, 0) is 12.1 Å². The fraction of sp³-hybridized carbons (Fsp3) is 0.353. The number of anilines is 1. The van der Waals surface area contributed by atoms with Crippen molar-refractivity contribution in [3.8, 4) is 11.5 Å². The Morgan fingerprint density at radius 2 is 1.85 bits per heavy atom. The van der Waals surface area contributed by atoms with Crippen LogP contribution in [-0.2, 0) is 17.7 Å². The van der Waals surface area contributed by atoms with Crippen molar-refractivity contribution in [3.05, 3.63) is 34.3 Å². The summed E-state index contributed by atoms with van der Waals surface area (Å²) in [6, 6.07) is 4.95. The van der Waals surface area contributed by atoms with Gasteiger partial charge in [-0.1, -0.05) is 11.3 Å². The highest BCUT2D eigenvalue weighted by atomic mass is 32.1. The standard InChI is InChI=1S/C17H19N3O5S/c1-23-11-6-10(7-12(8-11)24-2)15(21)19-16-18-13-4-5-20(17(22)25-3)9-14(13)26-16/h6-8H,4-5,9H2,1-3H3,(H,18,19,21). The first kappa shape index (κ1) is 18.0. The van der Waals surface area contributed by atoms with Crippen LogP contribution in [0.1, 0.15) is 20.9 Å². The van der Waals surface area contributed by atoms with Crippen molar-refractivity contribution >= 4 is 28.5 Å². The third-order valence-corrected chi connectivity index (χ3v) is 5.00. The number of methoxy groups -OCH3 is 3. The van der Waals surface area contributed by atoms with E-state index in [1.54, 1.807) is 23.1 Å². The van der Waals surface area contributed by atoms with Crippen LogP contribution in [0.25, 0.3) is 0 Å². The van der Waals surface area contributed by atoms with Crippen LogP contribution < -0.4 is 14.8 Å². The van der Waals surface area contributed by atoms with Gasteiger partial charge < -0.3 is 19.1 Å². The Morgan fingerprint density at radius 3 is 2.46 bits per heavy atom. The summed E-state index contributed by atoms with van der Waals surface area (Å²) in [6.45, 7) is 0.979. The molecule has 0 atom stereocenters. The fourth-order valence-corrected chi connectivity index (χ4v) is 3.66. The van der Waals surface area contributed by atoms with Gasteiger partial charge in [0, 0.05) is 29.5 Å². The number of carbonyl (C=O) groups is 2. The molecule has 0 bridgehead atoms. The zero-order valence-corrected chi connectivity index (χ0v) is 15.5.